The van der Waals surface area contributed by atoms with Crippen molar-refractivity contribution < 1.29 is 22.3 Å². The second kappa shape index (κ2) is 8.04. The van der Waals surface area contributed by atoms with Crippen molar-refractivity contribution in [2.45, 2.75) is 37.2 Å². The second-order valence-electron chi connectivity index (χ2n) is 6.00. The van der Waals surface area contributed by atoms with E-state index in [-0.39, 0.29) is 23.5 Å². The summed E-state index contributed by atoms with van der Waals surface area (Å²) in [4.78, 5) is 13.6. The van der Waals surface area contributed by atoms with Gasteiger partial charge in [-0.25, -0.2) is 17.5 Å². The number of hydrogen-bond donors (Lipinski definition) is 1. The lowest BCUT2D eigenvalue weighted by atomic mass is 10.1. The number of carbonyl (C=O) groups excluding carboxylic acids is 1. The van der Waals surface area contributed by atoms with Crippen molar-refractivity contribution in [1.82, 2.24) is 9.62 Å². The van der Waals surface area contributed by atoms with Crippen LogP contribution in [0.25, 0.3) is 0 Å². The Labute approximate surface area is 142 Å². The number of nitrogens with zero attached hydrogens (tertiary/aromatic N) is 1. The van der Waals surface area contributed by atoms with Gasteiger partial charge in [0.25, 0.3) is 0 Å². The van der Waals surface area contributed by atoms with Gasteiger partial charge in [-0.15, -0.1) is 0 Å². The lowest BCUT2D eigenvalue weighted by Crippen LogP contribution is -2.42. The lowest BCUT2D eigenvalue weighted by Gasteiger charge is -2.27. The van der Waals surface area contributed by atoms with Gasteiger partial charge in [-0.1, -0.05) is 0 Å². The van der Waals surface area contributed by atoms with Gasteiger partial charge in [0.2, 0.25) is 15.9 Å². The third kappa shape index (κ3) is 4.99. The Morgan fingerprint density at radius 1 is 1.42 bits per heavy atom. The monoisotopic (exact) mass is 358 g/mol. The molecule has 2 rings (SSSR count). The summed E-state index contributed by atoms with van der Waals surface area (Å²) in [7, 11) is -2.24. The predicted octanol–water partition coefficient (Wildman–Crippen LogP) is 1.44. The summed E-state index contributed by atoms with van der Waals surface area (Å²) in [5.41, 5.74) is 0.291. The van der Waals surface area contributed by atoms with Crippen LogP contribution in [0.15, 0.2) is 23.1 Å². The highest BCUT2D eigenvalue weighted by Crippen LogP contribution is 2.16. The van der Waals surface area contributed by atoms with Crippen LogP contribution in [0.3, 0.4) is 0 Å². The van der Waals surface area contributed by atoms with Crippen molar-refractivity contribution in [2.75, 3.05) is 26.7 Å². The lowest BCUT2D eigenvalue weighted by molar-refractivity contribution is -0.131. The molecule has 0 aliphatic carbocycles. The zero-order chi connectivity index (χ0) is 17.7. The van der Waals surface area contributed by atoms with Crippen LogP contribution in [0.1, 0.15) is 24.8 Å². The Morgan fingerprint density at radius 3 is 2.79 bits per heavy atom. The molecule has 0 spiro atoms. The molecule has 0 bridgehead atoms. The van der Waals surface area contributed by atoms with Gasteiger partial charge in [-0.2, -0.15) is 0 Å². The Hall–Kier alpha value is -1.51. The van der Waals surface area contributed by atoms with Crippen molar-refractivity contribution in [3.05, 3.63) is 29.6 Å². The highest BCUT2D eigenvalue weighted by molar-refractivity contribution is 7.89. The molecule has 1 aliphatic rings. The first-order valence-corrected chi connectivity index (χ1v) is 9.39. The minimum atomic E-state index is -3.86. The molecular formula is C16H23FN2O4S. The molecule has 0 unspecified atom stereocenters. The number of halogens is 1. The molecule has 134 valence electrons. The van der Waals surface area contributed by atoms with E-state index in [1.807, 2.05) is 0 Å². The zero-order valence-corrected chi connectivity index (χ0v) is 14.7. The number of benzene rings is 1. The van der Waals surface area contributed by atoms with Crippen LogP contribution < -0.4 is 4.72 Å². The maximum Gasteiger partial charge on any atom is 0.241 e. The fraction of sp³-hybridized carbons (Fsp3) is 0.562. The van der Waals surface area contributed by atoms with E-state index in [0.717, 1.165) is 31.4 Å². The average Bonchev–Trinajstić information content (AvgIpc) is 2.53. The van der Waals surface area contributed by atoms with E-state index in [0.29, 0.717) is 18.7 Å². The maximum atomic E-state index is 13.1. The van der Waals surface area contributed by atoms with Gasteiger partial charge in [0.15, 0.2) is 0 Å². The molecule has 24 heavy (non-hydrogen) atoms. The molecule has 1 heterocycles. The first-order valence-electron chi connectivity index (χ1n) is 7.91. The quantitative estimate of drug-likeness (QED) is 0.835. The summed E-state index contributed by atoms with van der Waals surface area (Å²) < 4.78 is 45.4. The van der Waals surface area contributed by atoms with Crippen molar-refractivity contribution >= 4 is 15.9 Å². The Balaban J connectivity index is 1.91. The summed E-state index contributed by atoms with van der Waals surface area (Å²) in [5.74, 6) is -0.845. The van der Waals surface area contributed by atoms with Gasteiger partial charge in [0.05, 0.1) is 17.5 Å². The molecular weight excluding hydrogens is 335 g/mol. The Kier molecular flexibility index (Phi) is 6.31. The molecule has 6 nitrogen and oxygen atoms in total. The van der Waals surface area contributed by atoms with Crippen LogP contribution in [-0.2, 0) is 19.6 Å². The number of carbonyl (C=O) groups is 1. The van der Waals surface area contributed by atoms with Crippen molar-refractivity contribution in [1.29, 1.82) is 0 Å². The van der Waals surface area contributed by atoms with Gasteiger partial charge >= 0.3 is 0 Å². The third-order valence-corrected chi connectivity index (χ3v) is 5.58. The number of nitrogens with one attached hydrogen (secondary N) is 1. The van der Waals surface area contributed by atoms with E-state index in [9.17, 15) is 17.6 Å². The smallest absolute Gasteiger partial charge is 0.241 e. The van der Waals surface area contributed by atoms with Crippen LogP contribution in [0, 0.1) is 12.7 Å². The van der Waals surface area contributed by atoms with Crippen LogP contribution in [0.4, 0.5) is 4.39 Å². The largest absolute Gasteiger partial charge is 0.376 e. The molecule has 1 atom stereocenters. The standard InChI is InChI=1S/C16H23FN2O4S/c1-12-9-13(17)6-7-15(12)24(21,22)18-10-16(20)19(2)11-14-5-3-4-8-23-14/h6-7,9,14,18H,3-5,8,10-11H2,1-2H3/t14-/m0/s1. The summed E-state index contributed by atoms with van der Waals surface area (Å²) in [5, 5.41) is 0. The molecule has 0 saturated carbocycles. The molecule has 1 aliphatic heterocycles. The molecule has 0 aromatic heterocycles. The first kappa shape index (κ1) is 18.8. The maximum absolute atomic E-state index is 13.1. The molecule has 1 aromatic carbocycles. The van der Waals surface area contributed by atoms with Crippen molar-refractivity contribution in [3.63, 3.8) is 0 Å². The predicted molar refractivity (Wildman–Crippen MR) is 87.6 cm³/mol. The van der Waals surface area contributed by atoms with E-state index in [4.69, 9.17) is 4.74 Å². The Bertz CT molecular complexity index is 687. The highest BCUT2D eigenvalue weighted by atomic mass is 32.2. The fourth-order valence-corrected chi connectivity index (χ4v) is 3.84. The van der Waals surface area contributed by atoms with Gasteiger partial charge in [-0.05, 0) is 49.9 Å². The number of ether oxygens (including phenoxy) is 1. The number of hydrogen-bond acceptors (Lipinski definition) is 4. The van der Waals surface area contributed by atoms with E-state index >= 15 is 0 Å². The summed E-state index contributed by atoms with van der Waals surface area (Å²) in [6, 6.07) is 3.41. The van der Waals surface area contributed by atoms with Crippen molar-refractivity contribution in [2.24, 2.45) is 0 Å². The Morgan fingerprint density at radius 2 is 2.17 bits per heavy atom. The summed E-state index contributed by atoms with van der Waals surface area (Å²) in [6.45, 7) is 2.30. The molecule has 1 aromatic rings. The van der Waals surface area contributed by atoms with E-state index in [1.54, 1.807) is 7.05 Å². The first-order chi connectivity index (χ1) is 11.3. The number of rotatable bonds is 6. The molecule has 1 saturated heterocycles. The summed E-state index contributed by atoms with van der Waals surface area (Å²) in [6.07, 6.45) is 3.01. The average molecular weight is 358 g/mol. The third-order valence-electron chi connectivity index (χ3n) is 4.02. The zero-order valence-electron chi connectivity index (χ0n) is 13.9. The van der Waals surface area contributed by atoms with E-state index in [2.05, 4.69) is 4.72 Å². The number of likely N-dealkylation sites (N-methyl/N-ethyl adjacent to an activating group) is 1. The number of sulfonamides is 1. The van der Waals surface area contributed by atoms with Gasteiger partial charge in [-0.3, -0.25) is 4.79 Å². The fourth-order valence-electron chi connectivity index (χ4n) is 2.64. The number of aryl methyl sites for hydroxylation is 1. The number of amides is 1. The summed E-state index contributed by atoms with van der Waals surface area (Å²) >= 11 is 0. The molecule has 1 fully saturated rings. The SMILES string of the molecule is Cc1cc(F)ccc1S(=O)(=O)NCC(=O)N(C)C[C@@H]1CCCCO1. The van der Waals surface area contributed by atoms with E-state index < -0.39 is 15.8 Å². The normalized spacial score (nSPS) is 18.4. The van der Waals surface area contributed by atoms with Gasteiger partial charge < -0.3 is 9.64 Å². The molecule has 1 N–H and O–H groups in total. The van der Waals surface area contributed by atoms with Crippen molar-refractivity contribution in [3.8, 4) is 0 Å². The molecule has 0 radical (unpaired) electrons. The van der Waals surface area contributed by atoms with Gasteiger partial charge in [0.1, 0.15) is 5.82 Å². The van der Waals surface area contributed by atoms with Crippen LogP contribution in [-0.4, -0.2) is 52.1 Å². The minimum Gasteiger partial charge on any atom is -0.376 e. The van der Waals surface area contributed by atoms with Crippen LogP contribution in [0.2, 0.25) is 0 Å². The van der Waals surface area contributed by atoms with Crippen LogP contribution in [0.5, 0.6) is 0 Å². The molecule has 8 heteroatoms. The van der Waals surface area contributed by atoms with E-state index in [1.165, 1.54) is 17.9 Å². The highest BCUT2D eigenvalue weighted by Gasteiger charge is 2.22. The topological polar surface area (TPSA) is 75.7 Å². The second-order valence-corrected chi connectivity index (χ2v) is 7.73. The van der Waals surface area contributed by atoms with Crippen LogP contribution >= 0.6 is 0 Å². The molecule has 1 amide bonds. The van der Waals surface area contributed by atoms with Gasteiger partial charge in [0, 0.05) is 20.2 Å². The minimum absolute atomic E-state index is 0.00338.